The zero-order valence-electron chi connectivity index (χ0n) is 12.7. The van der Waals surface area contributed by atoms with Crippen molar-refractivity contribution in [1.29, 1.82) is 0 Å². The van der Waals surface area contributed by atoms with Crippen molar-refractivity contribution >= 4 is 34.0 Å². The summed E-state index contributed by atoms with van der Waals surface area (Å²) in [4.78, 5) is 18.8. The maximum atomic E-state index is 11.2. The molecule has 5 nitrogen and oxygen atoms in total. The monoisotopic (exact) mass is 352 g/mol. The van der Waals surface area contributed by atoms with Gasteiger partial charge in [0.15, 0.2) is 5.13 Å². The van der Waals surface area contributed by atoms with Crippen LogP contribution in [0.1, 0.15) is 17.7 Å². The minimum absolute atomic E-state index is 0.0372. The Balaban J connectivity index is 2.01. The van der Waals surface area contributed by atoms with Crippen LogP contribution in [0.3, 0.4) is 0 Å². The highest BCUT2D eigenvalue weighted by atomic mass is 35.5. The largest absolute Gasteiger partial charge is 0.495 e. The highest BCUT2D eigenvalue weighted by Crippen LogP contribution is 2.37. The predicted octanol–water partition coefficient (Wildman–Crippen LogP) is 3.70. The molecule has 3 rings (SSSR count). The van der Waals surface area contributed by atoms with E-state index in [4.69, 9.17) is 26.4 Å². The Labute approximate surface area is 143 Å². The Morgan fingerprint density at radius 1 is 1.43 bits per heavy atom. The lowest BCUT2D eigenvalue weighted by molar-refractivity contribution is -0.136. The van der Waals surface area contributed by atoms with Crippen molar-refractivity contribution in [2.75, 3.05) is 25.1 Å². The molecule has 0 bridgehead atoms. The van der Waals surface area contributed by atoms with Crippen LogP contribution in [-0.2, 0) is 11.2 Å². The van der Waals surface area contributed by atoms with Gasteiger partial charge in [-0.15, -0.1) is 11.3 Å². The van der Waals surface area contributed by atoms with E-state index in [-0.39, 0.29) is 6.42 Å². The maximum Gasteiger partial charge on any atom is 0.308 e. The van der Waals surface area contributed by atoms with E-state index in [2.05, 4.69) is 4.90 Å². The third-order valence-electron chi connectivity index (χ3n) is 3.80. The highest BCUT2D eigenvalue weighted by Gasteiger charge is 2.21. The van der Waals surface area contributed by atoms with Crippen LogP contribution in [0.25, 0.3) is 11.3 Å². The zero-order valence-corrected chi connectivity index (χ0v) is 14.3. The molecule has 0 unspecified atom stereocenters. The standard InChI is InChI=1S/C16H17ClN2O3S/c1-22-12-5-4-10(8-11(12)17)15-13(9-14(20)21)23-16(18-15)19-6-2-3-7-19/h4-5,8H,2-3,6-7,9H2,1H3,(H,20,21). The minimum Gasteiger partial charge on any atom is -0.495 e. The lowest BCUT2D eigenvalue weighted by atomic mass is 10.1. The van der Waals surface area contributed by atoms with Crippen molar-refractivity contribution in [3.05, 3.63) is 28.1 Å². The number of aliphatic carboxylic acids is 1. The quantitative estimate of drug-likeness (QED) is 0.889. The van der Waals surface area contributed by atoms with Crippen LogP contribution in [-0.4, -0.2) is 36.3 Å². The van der Waals surface area contributed by atoms with E-state index in [9.17, 15) is 4.79 Å². The molecule has 0 saturated carbocycles. The van der Waals surface area contributed by atoms with Crippen LogP contribution < -0.4 is 9.64 Å². The van der Waals surface area contributed by atoms with E-state index < -0.39 is 5.97 Å². The van der Waals surface area contributed by atoms with Gasteiger partial charge in [0.25, 0.3) is 0 Å². The van der Waals surface area contributed by atoms with E-state index in [0.29, 0.717) is 16.5 Å². The molecule has 1 aliphatic heterocycles. The molecule has 7 heteroatoms. The predicted molar refractivity (Wildman–Crippen MR) is 91.9 cm³/mol. The molecule has 1 aromatic carbocycles. The molecule has 0 amide bonds. The first kappa shape index (κ1) is 16.1. The summed E-state index contributed by atoms with van der Waals surface area (Å²) in [6.45, 7) is 1.95. The molecule has 2 aromatic rings. The third kappa shape index (κ3) is 3.43. The van der Waals surface area contributed by atoms with Gasteiger partial charge in [-0.2, -0.15) is 0 Å². The first-order valence-corrected chi connectivity index (χ1v) is 8.58. The Hall–Kier alpha value is -1.79. The molecule has 1 fully saturated rings. The van der Waals surface area contributed by atoms with Crippen molar-refractivity contribution in [1.82, 2.24) is 4.98 Å². The molecule has 0 radical (unpaired) electrons. The Kier molecular flexibility index (Phi) is 4.73. The number of nitrogens with zero attached hydrogens (tertiary/aromatic N) is 2. The number of benzene rings is 1. The van der Waals surface area contributed by atoms with Gasteiger partial charge in [-0.25, -0.2) is 4.98 Å². The fourth-order valence-corrected chi connectivity index (χ4v) is 4.06. The third-order valence-corrected chi connectivity index (χ3v) is 5.21. The topological polar surface area (TPSA) is 62.7 Å². The first-order chi connectivity index (χ1) is 11.1. The molecule has 0 atom stereocenters. The summed E-state index contributed by atoms with van der Waals surface area (Å²) >= 11 is 7.65. The van der Waals surface area contributed by atoms with E-state index in [1.165, 1.54) is 11.3 Å². The number of carbonyl (C=O) groups is 1. The van der Waals surface area contributed by atoms with Crippen LogP contribution in [0.15, 0.2) is 18.2 Å². The Morgan fingerprint density at radius 3 is 2.78 bits per heavy atom. The van der Waals surface area contributed by atoms with Crippen molar-refractivity contribution in [2.24, 2.45) is 0 Å². The van der Waals surface area contributed by atoms with Crippen molar-refractivity contribution in [2.45, 2.75) is 19.3 Å². The van der Waals surface area contributed by atoms with Crippen molar-refractivity contribution in [3.63, 3.8) is 0 Å². The van der Waals surface area contributed by atoms with Gasteiger partial charge in [0, 0.05) is 23.5 Å². The maximum absolute atomic E-state index is 11.2. The Bertz CT molecular complexity index is 726. The second kappa shape index (κ2) is 6.76. The summed E-state index contributed by atoms with van der Waals surface area (Å²) in [5.41, 5.74) is 1.51. The normalized spacial score (nSPS) is 14.3. The van der Waals surface area contributed by atoms with Crippen molar-refractivity contribution < 1.29 is 14.6 Å². The number of aromatic nitrogens is 1. The average molecular weight is 353 g/mol. The smallest absolute Gasteiger partial charge is 0.308 e. The summed E-state index contributed by atoms with van der Waals surface area (Å²) < 4.78 is 5.17. The molecule has 0 spiro atoms. The average Bonchev–Trinajstić information content (AvgIpc) is 3.15. The second-order valence-electron chi connectivity index (χ2n) is 5.38. The molecular weight excluding hydrogens is 336 g/mol. The van der Waals surface area contributed by atoms with Crippen LogP contribution in [0, 0.1) is 0 Å². The summed E-state index contributed by atoms with van der Waals surface area (Å²) in [6.07, 6.45) is 2.26. The number of thiazole rings is 1. The number of anilines is 1. The molecule has 1 aromatic heterocycles. The van der Waals surface area contributed by atoms with Crippen LogP contribution in [0.4, 0.5) is 5.13 Å². The van der Waals surface area contributed by atoms with Crippen molar-refractivity contribution in [3.8, 4) is 17.0 Å². The van der Waals surface area contributed by atoms with E-state index in [1.54, 1.807) is 19.2 Å². The van der Waals surface area contributed by atoms with Gasteiger partial charge in [0.2, 0.25) is 0 Å². The lowest BCUT2D eigenvalue weighted by Gasteiger charge is -2.12. The lowest BCUT2D eigenvalue weighted by Crippen LogP contribution is -2.17. The number of halogens is 1. The Morgan fingerprint density at radius 2 is 2.17 bits per heavy atom. The molecular formula is C16H17ClN2O3S. The number of ether oxygens (including phenoxy) is 1. The molecule has 1 N–H and O–H groups in total. The highest BCUT2D eigenvalue weighted by molar-refractivity contribution is 7.16. The van der Waals surface area contributed by atoms with Crippen LogP contribution >= 0.6 is 22.9 Å². The molecule has 1 saturated heterocycles. The molecule has 1 aliphatic rings. The molecule has 122 valence electrons. The molecule has 2 heterocycles. The minimum atomic E-state index is -0.859. The SMILES string of the molecule is COc1ccc(-c2nc(N3CCCC3)sc2CC(=O)O)cc1Cl. The van der Waals surface area contributed by atoms with E-state index in [0.717, 1.165) is 41.5 Å². The van der Waals surface area contributed by atoms with Gasteiger partial charge in [-0.05, 0) is 31.0 Å². The summed E-state index contributed by atoms with van der Waals surface area (Å²) in [6, 6.07) is 5.41. The van der Waals surface area contributed by atoms with Crippen LogP contribution in [0.5, 0.6) is 5.75 Å². The van der Waals surface area contributed by atoms with Crippen LogP contribution in [0.2, 0.25) is 5.02 Å². The second-order valence-corrected chi connectivity index (χ2v) is 6.85. The summed E-state index contributed by atoms with van der Waals surface area (Å²) in [5.74, 6) is -0.271. The number of carboxylic acids is 1. The fraction of sp³-hybridized carbons (Fsp3) is 0.375. The summed E-state index contributed by atoms with van der Waals surface area (Å²) in [7, 11) is 1.56. The summed E-state index contributed by atoms with van der Waals surface area (Å²) in [5, 5.41) is 10.5. The van der Waals surface area contributed by atoms with Gasteiger partial charge < -0.3 is 14.7 Å². The number of rotatable bonds is 5. The van der Waals surface area contributed by atoms with E-state index in [1.807, 2.05) is 6.07 Å². The fourth-order valence-electron chi connectivity index (χ4n) is 2.68. The number of carboxylic acid groups (broad SMARTS) is 1. The van der Waals surface area contributed by atoms with Gasteiger partial charge in [0.05, 0.1) is 24.2 Å². The number of hydrogen-bond donors (Lipinski definition) is 1. The van der Waals surface area contributed by atoms with Gasteiger partial charge in [0.1, 0.15) is 5.75 Å². The molecule has 23 heavy (non-hydrogen) atoms. The first-order valence-electron chi connectivity index (χ1n) is 7.39. The van der Waals surface area contributed by atoms with E-state index >= 15 is 0 Å². The van der Waals surface area contributed by atoms with Gasteiger partial charge >= 0.3 is 5.97 Å². The van der Waals surface area contributed by atoms with Gasteiger partial charge in [-0.1, -0.05) is 11.6 Å². The van der Waals surface area contributed by atoms with Gasteiger partial charge in [-0.3, -0.25) is 4.79 Å². The zero-order chi connectivity index (χ0) is 16.4. The molecule has 0 aliphatic carbocycles. The number of methoxy groups -OCH3 is 1. The number of hydrogen-bond acceptors (Lipinski definition) is 5.